The van der Waals surface area contributed by atoms with Crippen molar-refractivity contribution < 1.29 is 19.1 Å². The number of fused-ring (bicyclic) bond motifs is 1. The SMILES string of the molecule is COC(=O)N[C@H]1CC[C@@H]2CC[C@@H](C(=O)NC(C)C)N2C1=O. The van der Waals surface area contributed by atoms with E-state index in [1.807, 2.05) is 13.8 Å². The van der Waals surface area contributed by atoms with Crippen LogP contribution in [0.2, 0.25) is 0 Å². The first-order chi connectivity index (χ1) is 9.93. The third-order valence-corrected chi connectivity index (χ3v) is 4.05. The van der Waals surface area contributed by atoms with Crippen LogP contribution in [0.4, 0.5) is 4.79 Å². The number of piperidine rings is 1. The summed E-state index contributed by atoms with van der Waals surface area (Å²) in [5.41, 5.74) is 0. The van der Waals surface area contributed by atoms with Gasteiger partial charge >= 0.3 is 6.09 Å². The molecule has 0 spiro atoms. The maximum absolute atomic E-state index is 12.5. The Morgan fingerprint density at radius 1 is 1.24 bits per heavy atom. The Morgan fingerprint density at radius 3 is 2.52 bits per heavy atom. The molecule has 2 saturated heterocycles. The molecule has 3 atom stereocenters. The molecule has 0 aromatic rings. The molecule has 2 heterocycles. The molecule has 3 amide bonds. The average molecular weight is 297 g/mol. The summed E-state index contributed by atoms with van der Waals surface area (Å²) in [5.74, 6) is -0.294. The van der Waals surface area contributed by atoms with E-state index in [0.29, 0.717) is 12.8 Å². The second-order valence-electron chi connectivity index (χ2n) is 5.92. The Labute approximate surface area is 124 Å². The zero-order chi connectivity index (χ0) is 15.6. The highest BCUT2D eigenvalue weighted by molar-refractivity contribution is 5.92. The van der Waals surface area contributed by atoms with Crippen molar-refractivity contribution in [3.63, 3.8) is 0 Å². The van der Waals surface area contributed by atoms with Crippen LogP contribution in [-0.2, 0) is 14.3 Å². The van der Waals surface area contributed by atoms with Crippen molar-refractivity contribution in [2.45, 2.75) is 63.7 Å². The summed E-state index contributed by atoms with van der Waals surface area (Å²) in [7, 11) is 1.26. The number of hydrogen-bond acceptors (Lipinski definition) is 4. The fraction of sp³-hybridized carbons (Fsp3) is 0.786. The van der Waals surface area contributed by atoms with Crippen LogP contribution >= 0.6 is 0 Å². The highest BCUT2D eigenvalue weighted by Gasteiger charge is 2.46. The lowest BCUT2D eigenvalue weighted by Gasteiger charge is -2.37. The van der Waals surface area contributed by atoms with Gasteiger partial charge in [-0.05, 0) is 39.5 Å². The van der Waals surface area contributed by atoms with Gasteiger partial charge in [0, 0.05) is 12.1 Å². The molecular formula is C14H23N3O4. The van der Waals surface area contributed by atoms with Crippen LogP contribution in [0.1, 0.15) is 39.5 Å². The van der Waals surface area contributed by atoms with Crippen molar-refractivity contribution in [2.24, 2.45) is 0 Å². The monoisotopic (exact) mass is 297 g/mol. The topological polar surface area (TPSA) is 87.7 Å². The van der Waals surface area contributed by atoms with Gasteiger partial charge in [0.25, 0.3) is 0 Å². The van der Waals surface area contributed by atoms with Gasteiger partial charge in [-0.3, -0.25) is 9.59 Å². The number of carbonyl (C=O) groups is 3. The van der Waals surface area contributed by atoms with E-state index in [4.69, 9.17) is 0 Å². The summed E-state index contributed by atoms with van der Waals surface area (Å²) in [6.45, 7) is 3.79. The lowest BCUT2D eigenvalue weighted by Crippen LogP contribution is -2.59. The summed E-state index contributed by atoms with van der Waals surface area (Å²) in [5, 5.41) is 5.41. The van der Waals surface area contributed by atoms with E-state index in [2.05, 4.69) is 15.4 Å². The van der Waals surface area contributed by atoms with E-state index in [1.54, 1.807) is 4.90 Å². The van der Waals surface area contributed by atoms with Crippen LogP contribution in [0.15, 0.2) is 0 Å². The molecule has 2 aliphatic rings. The van der Waals surface area contributed by atoms with Crippen LogP contribution in [0, 0.1) is 0 Å². The Balaban J connectivity index is 2.07. The first-order valence-electron chi connectivity index (χ1n) is 7.41. The van der Waals surface area contributed by atoms with Gasteiger partial charge in [0.1, 0.15) is 12.1 Å². The number of amides is 3. The molecule has 2 rings (SSSR count). The van der Waals surface area contributed by atoms with E-state index in [0.717, 1.165) is 12.8 Å². The highest BCUT2D eigenvalue weighted by Crippen LogP contribution is 2.32. The molecule has 0 aromatic carbocycles. The first-order valence-corrected chi connectivity index (χ1v) is 7.41. The molecule has 0 aliphatic carbocycles. The Morgan fingerprint density at radius 2 is 1.90 bits per heavy atom. The molecule has 0 radical (unpaired) electrons. The molecule has 2 fully saturated rings. The van der Waals surface area contributed by atoms with Gasteiger partial charge in [-0.25, -0.2) is 4.79 Å². The molecule has 21 heavy (non-hydrogen) atoms. The van der Waals surface area contributed by atoms with Crippen LogP contribution in [0.25, 0.3) is 0 Å². The van der Waals surface area contributed by atoms with E-state index in [9.17, 15) is 14.4 Å². The molecule has 0 saturated carbocycles. The maximum Gasteiger partial charge on any atom is 0.407 e. The van der Waals surface area contributed by atoms with Gasteiger partial charge < -0.3 is 20.3 Å². The lowest BCUT2D eigenvalue weighted by atomic mass is 9.98. The minimum absolute atomic E-state index is 0.0421. The fourth-order valence-corrected chi connectivity index (χ4v) is 3.14. The van der Waals surface area contributed by atoms with E-state index in [-0.39, 0.29) is 23.9 Å². The molecule has 7 nitrogen and oxygen atoms in total. The van der Waals surface area contributed by atoms with Gasteiger partial charge in [-0.2, -0.15) is 0 Å². The van der Waals surface area contributed by atoms with Crippen molar-refractivity contribution in [1.29, 1.82) is 0 Å². The normalized spacial score (nSPS) is 28.3. The molecule has 0 bridgehead atoms. The van der Waals surface area contributed by atoms with E-state index >= 15 is 0 Å². The molecule has 2 N–H and O–H groups in total. The number of carbonyl (C=O) groups excluding carboxylic acids is 3. The molecule has 118 valence electrons. The van der Waals surface area contributed by atoms with Crippen molar-refractivity contribution in [3.8, 4) is 0 Å². The molecule has 7 heteroatoms. The first kappa shape index (κ1) is 15.6. The van der Waals surface area contributed by atoms with Crippen LogP contribution in [0.5, 0.6) is 0 Å². The maximum atomic E-state index is 12.5. The largest absolute Gasteiger partial charge is 0.453 e. The van der Waals surface area contributed by atoms with Crippen molar-refractivity contribution >= 4 is 17.9 Å². The molecule has 0 unspecified atom stereocenters. The van der Waals surface area contributed by atoms with Crippen LogP contribution < -0.4 is 10.6 Å². The summed E-state index contributed by atoms with van der Waals surface area (Å²) in [6.07, 6.45) is 2.29. The quantitative estimate of drug-likeness (QED) is 0.789. The smallest absolute Gasteiger partial charge is 0.407 e. The average Bonchev–Trinajstić information content (AvgIpc) is 2.85. The zero-order valence-electron chi connectivity index (χ0n) is 12.7. The fourth-order valence-electron chi connectivity index (χ4n) is 3.14. The minimum atomic E-state index is -0.617. The van der Waals surface area contributed by atoms with Crippen LogP contribution in [-0.4, -0.2) is 54.1 Å². The Bertz CT molecular complexity index is 438. The number of methoxy groups -OCH3 is 1. The third kappa shape index (κ3) is 3.28. The minimum Gasteiger partial charge on any atom is -0.453 e. The molecular weight excluding hydrogens is 274 g/mol. The highest BCUT2D eigenvalue weighted by atomic mass is 16.5. The zero-order valence-corrected chi connectivity index (χ0v) is 12.7. The second-order valence-corrected chi connectivity index (χ2v) is 5.92. The van der Waals surface area contributed by atoms with Gasteiger partial charge in [0.2, 0.25) is 11.8 Å². The third-order valence-electron chi connectivity index (χ3n) is 4.05. The Kier molecular flexibility index (Phi) is 4.69. The van der Waals surface area contributed by atoms with E-state index < -0.39 is 18.2 Å². The number of nitrogens with zero attached hydrogens (tertiary/aromatic N) is 1. The number of hydrogen-bond donors (Lipinski definition) is 2. The number of nitrogens with one attached hydrogen (secondary N) is 2. The predicted octanol–water partition coefficient (Wildman–Crippen LogP) is 0.389. The number of alkyl carbamates (subject to hydrolysis) is 1. The summed E-state index contributed by atoms with van der Waals surface area (Å²) in [4.78, 5) is 37.7. The second kappa shape index (κ2) is 6.32. The van der Waals surface area contributed by atoms with E-state index in [1.165, 1.54) is 7.11 Å². The summed E-state index contributed by atoms with van der Waals surface area (Å²) in [6, 6.07) is -0.871. The number of rotatable bonds is 3. The molecule has 2 aliphatic heterocycles. The Hall–Kier alpha value is -1.79. The van der Waals surface area contributed by atoms with Crippen molar-refractivity contribution in [3.05, 3.63) is 0 Å². The van der Waals surface area contributed by atoms with Gasteiger partial charge in [-0.15, -0.1) is 0 Å². The van der Waals surface area contributed by atoms with Gasteiger partial charge in [-0.1, -0.05) is 0 Å². The van der Waals surface area contributed by atoms with Gasteiger partial charge in [0.15, 0.2) is 0 Å². The van der Waals surface area contributed by atoms with Crippen LogP contribution in [0.3, 0.4) is 0 Å². The predicted molar refractivity (Wildman–Crippen MR) is 75.5 cm³/mol. The molecule has 0 aromatic heterocycles. The summed E-state index contributed by atoms with van der Waals surface area (Å²) >= 11 is 0. The van der Waals surface area contributed by atoms with Gasteiger partial charge in [0.05, 0.1) is 7.11 Å². The summed E-state index contributed by atoms with van der Waals surface area (Å²) < 4.78 is 4.54. The van der Waals surface area contributed by atoms with Crippen molar-refractivity contribution in [1.82, 2.24) is 15.5 Å². The lowest BCUT2D eigenvalue weighted by molar-refractivity contribution is -0.144. The standard InChI is InChI=1S/C14H23N3O4/c1-8(2)15-12(18)11-7-5-9-4-6-10(13(19)17(9)11)16-14(20)21-3/h8-11H,4-7H2,1-3H3,(H,15,18)(H,16,20)/t9-,10+,11+/m1/s1. The number of ether oxygens (including phenoxy) is 1. The van der Waals surface area contributed by atoms with Crippen molar-refractivity contribution in [2.75, 3.05) is 7.11 Å².